The van der Waals surface area contributed by atoms with E-state index in [1.807, 2.05) is 0 Å². The van der Waals surface area contributed by atoms with Crippen LogP contribution < -0.4 is 5.73 Å². The van der Waals surface area contributed by atoms with Crippen LogP contribution in [0.25, 0.3) is 0 Å². The fourth-order valence-corrected chi connectivity index (χ4v) is 3.06. The Morgan fingerprint density at radius 1 is 1.23 bits per heavy atom. The standard InChI is InChI=1S/C10H22N2S/c1-3-10(4-2,9-11)12-5-7-13-8-6-12/h3-9,11H2,1-2H3. The first kappa shape index (κ1) is 11.3. The first-order chi connectivity index (χ1) is 6.29. The fourth-order valence-electron chi connectivity index (χ4n) is 2.15. The van der Waals surface area contributed by atoms with Crippen molar-refractivity contribution in [2.45, 2.75) is 32.2 Å². The Hall–Kier alpha value is 0.270. The topological polar surface area (TPSA) is 29.3 Å². The lowest BCUT2D eigenvalue weighted by molar-refractivity contribution is 0.0969. The summed E-state index contributed by atoms with van der Waals surface area (Å²) < 4.78 is 0. The van der Waals surface area contributed by atoms with Crippen LogP contribution in [0.15, 0.2) is 0 Å². The van der Waals surface area contributed by atoms with Crippen molar-refractivity contribution in [2.24, 2.45) is 5.73 Å². The number of rotatable bonds is 4. The summed E-state index contributed by atoms with van der Waals surface area (Å²) in [6, 6.07) is 0. The molecule has 1 aliphatic heterocycles. The van der Waals surface area contributed by atoms with Crippen molar-refractivity contribution in [1.29, 1.82) is 0 Å². The average molecular weight is 202 g/mol. The van der Waals surface area contributed by atoms with Crippen molar-refractivity contribution in [1.82, 2.24) is 4.90 Å². The van der Waals surface area contributed by atoms with Gasteiger partial charge in [-0.25, -0.2) is 0 Å². The molecular formula is C10H22N2S. The second-order valence-electron chi connectivity index (χ2n) is 3.73. The number of hydrogen-bond acceptors (Lipinski definition) is 3. The molecule has 1 rings (SSSR count). The Morgan fingerprint density at radius 3 is 2.15 bits per heavy atom. The van der Waals surface area contributed by atoms with Crippen LogP contribution in [0.4, 0.5) is 0 Å². The van der Waals surface area contributed by atoms with Gasteiger partial charge >= 0.3 is 0 Å². The Bertz CT molecular complexity index is 132. The van der Waals surface area contributed by atoms with Crippen molar-refractivity contribution in [3.8, 4) is 0 Å². The number of thioether (sulfide) groups is 1. The summed E-state index contributed by atoms with van der Waals surface area (Å²) in [7, 11) is 0. The SMILES string of the molecule is CCC(CC)(CN)N1CCSCC1. The predicted octanol–water partition coefficient (Wildman–Crippen LogP) is 1.55. The van der Waals surface area contributed by atoms with Crippen LogP contribution in [0.1, 0.15) is 26.7 Å². The molecule has 2 nitrogen and oxygen atoms in total. The lowest BCUT2D eigenvalue weighted by Gasteiger charge is -2.44. The smallest absolute Gasteiger partial charge is 0.0327 e. The van der Waals surface area contributed by atoms with Crippen molar-refractivity contribution >= 4 is 11.8 Å². The van der Waals surface area contributed by atoms with Gasteiger partial charge in [-0.05, 0) is 12.8 Å². The zero-order chi connectivity index (χ0) is 9.73. The lowest BCUT2D eigenvalue weighted by Crippen LogP contribution is -2.55. The highest BCUT2D eigenvalue weighted by molar-refractivity contribution is 7.99. The van der Waals surface area contributed by atoms with E-state index in [2.05, 4.69) is 30.5 Å². The summed E-state index contributed by atoms with van der Waals surface area (Å²) in [5, 5.41) is 0. The summed E-state index contributed by atoms with van der Waals surface area (Å²) >= 11 is 2.06. The minimum absolute atomic E-state index is 0.293. The van der Waals surface area contributed by atoms with E-state index in [4.69, 9.17) is 5.73 Å². The zero-order valence-corrected chi connectivity index (χ0v) is 9.70. The molecule has 0 unspecified atom stereocenters. The third-order valence-electron chi connectivity index (χ3n) is 3.38. The Labute approximate surface area is 86.2 Å². The largest absolute Gasteiger partial charge is 0.329 e. The Kier molecular flexibility index (Phi) is 4.56. The van der Waals surface area contributed by atoms with Gasteiger partial charge in [0.05, 0.1) is 0 Å². The maximum Gasteiger partial charge on any atom is 0.0327 e. The molecule has 1 heterocycles. The third kappa shape index (κ3) is 2.39. The minimum atomic E-state index is 0.293. The molecule has 1 fully saturated rings. The van der Waals surface area contributed by atoms with E-state index in [0.717, 1.165) is 6.54 Å². The quantitative estimate of drug-likeness (QED) is 0.750. The molecule has 13 heavy (non-hydrogen) atoms. The molecule has 2 N–H and O–H groups in total. The first-order valence-corrected chi connectivity index (χ1v) is 6.47. The number of hydrogen-bond donors (Lipinski definition) is 1. The van der Waals surface area contributed by atoms with E-state index >= 15 is 0 Å². The van der Waals surface area contributed by atoms with E-state index < -0.39 is 0 Å². The maximum absolute atomic E-state index is 5.91. The molecule has 0 atom stereocenters. The molecule has 0 saturated carbocycles. The fraction of sp³-hybridized carbons (Fsp3) is 1.00. The maximum atomic E-state index is 5.91. The average Bonchev–Trinajstić information content (AvgIpc) is 2.23. The number of nitrogens with two attached hydrogens (primary N) is 1. The van der Waals surface area contributed by atoms with E-state index in [1.165, 1.54) is 37.4 Å². The Morgan fingerprint density at radius 2 is 1.77 bits per heavy atom. The summed E-state index contributed by atoms with van der Waals surface area (Å²) in [5.41, 5.74) is 6.20. The molecule has 3 heteroatoms. The van der Waals surface area contributed by atoms with Crippen LogP contribution in [0.2, 0.25) is 0 Å². The summed E-state index contributed by atoms with van der Waals surface area (Å²) in [6.07, 6.45) is 2.37. The van der Waals surface area contributed by atoms with E-state index in [-0.39, 0.29) is 0 Å². The second-order valence-corrected chi connectivity index (χ2v) is 4.96. The summed E-state index contributed by atoms with van der Waals surface area (Å²) in [4.78, 5) is 2.60. The Balaban J connectivity index is 2.60. The molecule has 0 spiro atoms. The van der Waals surface area contributed by atoms with Crippen molar-refractivity contribution in [2.75, 3.05) is 31.1 Å². The van der Waals surface area contributed by atoms with Crippen LogP contribution >= 0.6 is 11.8 Å². The van der Waals surface area contributed by atoms with Crippen LogP contribution in [0, 0.1) is 0 Å². The molecule has 1 saturated heterocycles. The van der Waals surface area contributed by atoms with Gasteiger partial charge in [-0.2, -0.15) is 11.8 Å². The minimum Gasteiger partial charge on any atom is -0.329 e. The molecule has 0 aliphatic carbocycles. The molecule has 78 valence electrons. The third-order valence-corrected chi connectivity index (χ3v) is 4.32. The summed E-state index contributed by atoms with van der Waals surface area (Å²) in [6.45, 7) is 7.79. The van der Waals surface area contributed by atoms with Crippen LogP contribution in [-0.4, -0.2) is 41.6 Å². The van der Waals surface area contributed by atoms with Crippen molar-refractivity contribution in [3.63, 3.8) is 0 Å². The van der Waals surface area contributed by atoms with Gasteiger partial charge in [0.15, 0.2) is 0 Å². The normalized spacial score (nSPS) is 20.5. The van der Waals surface area contributed by atoms with Crippen molar-refractivity contribution in [3.05, 3.63) is 0 Å². The molecule has 1 aliphatic rings. The molecule has 0 radical (unpaired) electrons. The van der Waals surface area contributed by atoms with Gasteiger partial charge in [0.25, 0.3) is 0 Å². The second kappa shape index (κ2) is 5.23. The summed E-state index contributed by atoms with van der Waals surface area (Å²) in [5.74, 6) is 2.56. The zero-order valence-electron chi connectivity index (χ0n) is 8.88. The molecule has 0 aromatic rings. The highest BCUT2D eigenvalue weighted by Crippen LogP contribution is 2.25. The van der Waals surface area contributed by atoms with Gasteiger partial charge in [-0.3, -0.25) is 4.90 Å². The van der Waals surface area contributed by atoms with Gasteiger partial charge in [0, 0.05) is 36.7 Å². The molecule has 0 aromatic heterocycles. The van der Waals surface area contributed by atoms with Gasteiger partial charge in [0.1, 0.15) is 0 Å². The number of nitrogens with zero attached hydrogens (tertiary/aromatic N) is 1. The van der Waals surface area contributed by atoms with Crippen LogP contribution in [0.5, 0.6) is 0 Å². The molecular weight excluding hydrogens is 180 g/mol. The van der Waals surface area contributed by atoms with Gasteiger partial charge in [0.2, 0.25) is 0 Å². The van der Waals surface area contributed by atoms with Crippen LogP contribution in [-0.2, 0) is 0 Å². The van der Waals surface area contributed by atoms with Gasteiger partial charge < -0.3 is 5.73 Å². The van der Waals surface area contributed by atoms with E-state index in [1.54, 1.807) is 0 Å². The van der Waals surface area contributed by atoms with Gasteiger partial charge in [-0.15, -0.1) is 0 Å². The predicted molar refractivity (Wildman–Crippen MR) is 61.3 cm³/mol. The van der Waals surface area contributed by atoms with Crippen molar-refractivity contribution < 1.29 is 0 Å². The molecule has 0 amide bonds. The van der Waals surface area contributed by atoms with Crippen LogP contribution in [0.3, 0.4) is 0 Å². The highest BCUT2D eigenvalue weighted by atomic mass is 32.2. The first-order valence-electron chi connectivity index (χ1n) is 5.32. The van der Waals surface area contributed by atoms with E-state index in [0.29, 0.717) is 5.54 Å². The lowest BCUT2D eigenvalue weighted by atomic mass is 9.90. The monoisotopic (exact) mass is 202 g/mol. The highest BCUT2D eigenvalue weighted by Gasteiger charge is 2.32. The van der Waals surface area contributed by atoms with Gasteiger partial charge in [-0.1, -0.05) is 13.8 Å². The molecule has 0 bridgehead atoms. The molecule has 0 aromatic carbocycles. The van der Waals surface area contributed by atoms with E-state index in [9.17, 15) is 0 Å².